The molecule has 1 fully saturated rings. The molecule has 0 amide bonds. The van der Waals surface area contributed by atoms with E-state index >= 15 is 0 Å². The van der Waals surface area contributed by atoms with E-state index in [1.54, 1.807) is 18.2 Å². The molecule has 104 valence electrons. The summed E-state index contributed by atoms with van der Waals surface area (Å²) in [4.78, 5) is 14.4. The molecule has 1 aromatic rings. The van der Waals surface area contributed by atoms with Crippen LogP contribution in [-0.2, 0) is 0 Å². The van der Waals surface area contributed by atoms with Crippen molar-refractivity contribution in [3.8, 4) is 0 Å². The molecule has 0 bridgehead atoms. The maximum absolute atomic E-state index is 12.2. The van der Waals surface area contributed by atoms with Gasteiger partial charge in [-0.15, -0.1) is 0 Å². The van der Waals surface area contributed by atoms with Crippen LogP contribution in [0.1, 0.15) is 36.5 Å². The summed E-state index contributed by atoms with van der Waals surface area (Å²) in [5, 5.41) is 0.931. The zero-order valence-corrected chi connectivity index (χ0v) is 12.7. The third-order valence-corrected chi connectivity index (χ3v) is 4.41. The molecule has 0 N–H and O–H groups in total. The van der Waals surface area contributed by atoms with E-state index in [4.69, 9.17) is 23.2 Å². The Balaban J connectivity index is 1.92. The largest absolute Gasteiger partial charge is 0.296 e. The second-order valence-electron chi connectivity index (χ2n) is 5.23. The van der Waals surface area contributed by atoms with Crippen molar-refractivity contribution >= 4 is 29.0 Å². The predicted molar refractivity (Wildman–Crippen MR) is 80.2 cm³/mol. The van der Waals surface area contributed by atoms with Gasteiger partial charge in [-0.2, -0.15) is 0 Å². The molecule has 1 atom stereocenters. The summed E-state index contributed by atoms with van der Waals surface area (Å²) in [6.45, 7) is 4.76. The SMILES string of the molecule is CCCC1CCN(CC(=O)c2ccc(Cl)c(Cl)c2)C1. The number of halogens is 2. The van der Waals surface area contributed by atoms with Gasteiger partial charge in [-0.25, -0.2) is 0 Å². The molecule has 1 saturated heterocycles. The highest BCUT2D eigenvalue weighted by Gasteiger charge is 2.23. The number of nitrogens with zero attached hydrogens (tertiary/aromatic N) is 1. The van der Waals surface area contributed by atoms with Crippen LogP contribution in [0.25, 0.3) is 0 Å². The minimum Gasteiger partial charge on any atom is -0.296 e. The Morgan fingerprint density at radius 3 is 2.84 bits per heavy atom. The molecule has 2 nitrogen and oxygen atoms in total. The van der Waals surface area contributed by atoms with Gasteiger partial charge < -0.3 is 0 Å². The lowest BCUT2D eigenvalue weighted by atomic mass is 10.0. The van der Waals surface area contributed by atoms with E-state index in [0.717, 1.165) is 19.0 Å². The number of benzene rings is 1. The first kappa shape index (κ1) is 14.8. The Kier molecular flexibility index (Phi) is 5.26. The lowest BCUT2D eigenvalue weighted by Gasteiger charge is -2.15. The van der Waals surface area contributed by atoms with Gasteiger partial charge in [0.1, 0.15) is 0 Å². The van der Waals surface area contributed by atoms with Crippen LogP contribution in [0.2, 0.25) is 10.0 Å². The van der Waals surface area contributed by atoms with E-state index in [-0.39, 0.29) is 5.78 Å². The van der Waals surface area contributed by atoms with E-state index in [0.29, 0.717) is 22.2 Å². The summed E-state index contributed by atoms with van der Waals surface area (Å²) in [5.74, 6) is 0.877. The topological polar surface area (TPSA) is 20.3 Å². The van der Waals surface area contributed by atoms with Gasteiger partial charge in [0.05, 0.1) is 16.6 Å². The van der Waals surface area contributed by atoms with E-state index in [1.807, 2.05) is 0 Å². The van der Waals surface area contributed by atoms with Gasteiger partial charge in [0.15, 0.2) is 5.78 Å². The Morgan fingerprint density at radius 1 is 1.37 bits per heavy atom. The van der Waals surface area contributed by atoms with Crippen LogP contribution in [0, 0.1) is 5.92 Å². The van der Waals surface area contributed by atoms with Crippen molar-refractivity contribution < 1.29 is 4.79 Å². The molecule has 0 spiro atoms. The van der Waals surface area contributed by atoms with Gasteiger partial charge in [-0.1, -0.05) is 36.5 Å². The normalized spacial score (nSPS) is 19.8. The molecule has 19 heavy (non-hydrogen) atoms. The van der Waals surface area contributed by atoms with E-state index in [9.17, 15) is 4.79 Å². The molecule has 1 unspecified atom stereocenters. The van der Waals surface area contributed by atoms with Crippen LogP contribution in [0.5, 0.6) is 0 Å². The Hall–Kier alpha value is -0.570. The first-order chi connectivity index (χ1) is 9.10. The third-order valence-electron chi connectivity index (χ3n) is 3.68. The summed E-state index contributed by atoms with van der Waals surface area (Å²) in [7, 11) is 0. The lowest BCUT2D eigenvalue weighted by molar-refractivity contribution is 0.0943. The molecule has 1 aliphatic heterocycles. The number of hydrogen-bond donors (Lipinski definition) is 0. The van der Waals surface area contributed by atoms with E-state index < -0.39 is 0 Å². The first-order valence-electron chi connectivity index (χ1n) is 6.80. The number of rotatable bonds is 5. The third kappa shape index (κ3) is 3.95. The van der Waals surface area contributed by atoms with Gasteiger partial charge >= 0.3 is 0 Å². The quantitative estimate of drug-likeness (QED) is 0.756. The zero-order chi connectivity index (χ0) is 13.8. The molecule has 0 aromatic heterocycles. The molecular formula is C15H19Cl2NO. The highest BCUT2D eigenvalue weighted by molar-refractivity contribution is 6.42. The number of carbonyl (C=O) groups excluding carboxylic acids is 1. The van der Waals surface area contributed by atoms with Gasteiger partial charge in [-0.3, -0.25) is 9.69 Å². The fourth-order valence-corrected chi connectivity index (χ4v) is 2.96. The summed E-state index contributed by atoms with van der Waals surface area (Å²) in [6, 6.07) is 5.09. The Labute approximate surface area is 124 Å². The van der Waals surface area contributed by atoms with Gasteiger partial charge in [-0.05, 0) is 43.5 Å². The molecule has 1 aromatic carbocycles. The average Bonchev–Trinajstić information content (AvgIpc) is 2.80. The van der Waals surface area contributed by atoms with Crippen molar-refractivity contribution in [1.82, 2.24) is 4.90 Å². The van der Waals surface area contributed by atoms with Crippen LogP contribution >= 0.6 is 23.2 Å². The minimum atomic E-state index is 0.121. The molecule has 2 rings (SSSR count). The maximum Gasteiger partial charge on any atom is 0.176 e. The number of carbonyl (C=O) groups is 1. The van der Waals surface area contributed by atoms with E-state index in [2.05, 4.69) is 11.8 Å². The summed E-state index contributed by atoms with van der Waals surface area (Å²) in [6.07, 6.45) is 3.69. The molecule has 4 heteroatoms. The van der Waals surface area contributed by atoms with Crippen LogP contribution < -0.4 is 0 Å². The molecule has 0 radical (unpaired) electrons. The second kappa shape index (κ2) is 6.74. The highest BCUT2D eigenvalue weighted by Crippen LogP contribution is 2.24. The first-order valence-corrected chi connectivity index (χ1v) is 7.56. The molecule has 0 saturated carbocycles. The van der Waals surface area contributed by atoms with E-state index in [1.165, 1.54) is 19.3 Å². The summed E-state index contributed by atoms with van der Waals surface area (Å²) < 4.78 is 0. The van der Waals surface area contributed by atoms with Gasteiger partial charge in [0.25, 0.3) is 0 Å². The standard InChI is InChI=1S/C15H19Cl2NO/c1-2-3-11-6-7-18(9-11)10-15(19)12-4-5-13(16)14(17)8-12/h4-5,8,11H,2-3,6-7,9-10H2,1H3. The van der Waals surface area contributed by atoms with Crippen molar-refractivity contribution in [2.45, 2.75) is 26.2 Å². The molecule has 1 aliphatic rings. The van der Waals surface area contributed by atoms with Crippen molar-refractivity contribution in [3.63, 3.8) is 0 Å². The lowest BCUT2D eigenvalue weighted by Crippen LogP contribution is -2.27. The van der Waals surface area contributed by atoms with Crippen molar-refractivity contribution in [2.75, 3.05) is 19.6 Å². The predicted octanol–water partition coefficient (Wildman–Crippen LogP) is 4.30. The van der Waals surface area contributed by atoms with Crippen LogP contribution in [-0.4, -0.2) is 30.3 Å². The van der Waals surface area contributed by atoms with Gasteiger partial charge in [0, 0.05) is 12.1 Å². The molecular weight excluding hydrogens is 281 g/mol. The number of likely N-dealkylation sites (tertiary alicyclic amines) is 1. The maximum atomic E-state index is 12.2. The monoisotopic (exact) mass is 299 g/mol. The van der Waals surface area contributed by atoms with Crippen molar-refractivity contribution in [3.05, 3.63) is 33.8 Å². The Morgan fingerprint density at radius 2 is 2.16 bits per heavy atom. The van der Waals surface area contributed by atoms with Gasteiger partial charge in [0.2, 0.25) is 0 Å². The highest BCUT2D eigenvalue weighted by atomic mass is 35.5. The van der Waals surface area contributed by atoms with Crippen molar-refractivity contribution in [2.24, 2.45) is 5.92 Å². The minimum absolute atomic E-state index is 0.121. The summed E-state index contributed by atoms with van der Waals surface area (Å²) in [5.41, 5.74) is 0.647. The second-order valence-corrected chi connectivity index (χ2v) is 6.04. The molecule has 1 heterocycles. The fraction of sp³-hybridized carbons (Fsp3) is 0.533. The van der Waals surface area contributed by atoms with Crippen molar-refractivity contribution in [1.29, 1.82) is 0 Å². The fourth-order valence-electron chi connectivity index (χ4n) is 2.66. The summed E-state index contributed by atoms with van der Waals surface area (Å²) >= 11 is 11.8. The number of ketones is 1. The van der Waals surface area contributed by atoms with Crippen LogP contribution in [0.4, 0.5) is 0 Å². The molecule has 0 aliphatic carbocycles. The number of hydrogen-bond acceptors (Lipinski definition) is 2. The number of Topliss-reactive ketones (excluding diaryl/α,β-unsaturated/α-hetero) is 1. The average molecular weight is 300 g/mol. The zero-order valence-electron chi connectivity index (χ0n) is 11.2. The smallest absolute Gasteiger partial charge is 0.176 e. The van der Waals surface area contributed by atoms with Crippen LogP contribution in [0.3, 0.4) is 0 Å². The Bertz CT molecular complexity index is 461. The van der Waals surface area contributed by atoms with Crippen LogP contribution in [0.15, 0.2) is 18.2 Å².